The number of carbonyl (C=O) groups excluding carboxylic acids is 4. The zero-order chi connectivity index (χ0) is 48.2. The summed E-state index contributed by atoms with van der Waals surface area (Å²) in [6.07, 6.45) is 12.1. The number of Topliss-reactive ketones (excluding diaryl/α,β-unsaturated/α-hetero) is 2. The molecule has 1 aliphatic carbocycles. The number of ether oxygens (including phenoxy) is 5. The van der Waals surface area contributed by atoms with E-state index in [2.05, 4.69) is 0 Å². The lowest BCUT2D eigenvalue weighted by atomic mass is 9.78. The zero-order valence-electron chi connectivity index (χ0n) is 40.7. The van der Waals surface area contributed by atoms with Gasteiger partial charge >= 0.3 is 5.97 Å². The average molecular weight is 913 g/mol. The van der Waals surface area contributed by atoms with Crippen LogP contribution in [0.1, 0.15) is 126 Å². The van der Waals surface area contributed by atoms with Gasteiger partial charge < -0.3 is 49.3 Å². The van der Waals surface area contributed by atoms with Crippen LogP contribution in [0.5, 0.6) is 0 Å². The number of amides is 1. The second-order valence-electron chi connectivity index (χ2n) is 19.6. The molecule has 0 spiro atoms. The third kappa shape index (κ3) is 14.3. The van der Waals surface area contributed by atoms with Crippen LogP contribution in [0, 0.1) is 40.9 Å². The molecule has 0 radical (unpaired) electrons. The minimum absolute atomic E-state index is 0.0358. The molecule has 1 saturated carbocycles. The van der Waals surface area contributed by atoms with Crippen LogP contribution in [0.15, 0.2) is 47.6 Å². The highest BCUT2D eigenvalue weighted by atomic mass is 16.6. The average Bonchev–Trinajstić information content (AvgIpc) is 3.28. The summed E-state index contributed by atoms with van der Waals surface area (Å²) >= 11 is 0. The number of hydrogen-bond donors (Lipinski definition) is 4. The molecule has 3 heterocycles. The fraction of sp³-hybridized carbons (Fsp3) is 0.745. The van der Waals surface area contributed by atoms with Crippen molar-refractivity contribution in [3.05, 3.63) is 47.6 Å². The molecule has 0 unspecified atom stereocenters. The van der Waals surface area contributed by atoms with Crippen molar-refractivity contribution >= 4 is 29.2 Å². The molecular weight excluding hydrogens is 833 g/mol. The zero-order valence-corrected chi connectivity index (χ0v) is 40.7. The number of rotatable bonds is 6. The summed E-state index contributed by atoms with van der Waals surface area (Å²) in [6, 6.07) is -1.10. The highest BCUT2D eigenvalue weighted by molar-refractivity contribution is 6.39. The number of fused-ring (bicyclic) bond motifs is 3. The smallest absolute Gasteiger partial charge is 0.329 e. The van der Waals surface area contributed by atoms with Crippen LogP contribution < -0.4 is 0 Å². The fourth-order valence-corrected chi connectivity index (χ4v) is 10.1. The molecule has 14 nitrogen and oxygen atoms in total. The van der Waals surface area contributed by atoms with Gasteiger partial charge in [-0.1, -0.05) is 71.1 Å². The van der Waals surface area contributed by atoms with E-state index in [9.17, 15) is 39.9 Å². The van der Waals surface area contributed by atoms with E-state index in [0.29, 0.717) is 63.4 Å². The van der Waals surface area contributed by atoms with Gasteiger partial charge in [0.1, 0.15) is 24.4 Å². The lowest BCUT2D eigenvalue weighted by Crippen LogP contribution is -2.61. The van der Waals surface area contributed by atoms with E-state index in [4.69, 9.17) is 23.7 Å². The first-order valence-electron chi connectivity index (χ1n) is 24.0. The maximum Gasteiger partial charge on any atom is 0.329 e. The number of esters is 1. The van der Waals surface area contributed by atoms with Crippen LogP contribution >= 0.6 is 0 Å². The predicted molar refractivity (Wildman–Crippen MR) is 248 cm³/mol. The Bertz CT molecular complexity index is 1760. The van der Waals surface area contributed by atoms with Crippen molar-refractivity contribution in [3.63, 3.8) is 0 Å². The number of hydrogen-bond acceptors (Lipinski definition) is 13. The van der Waals surface area contributed by atoms with E-state index in [1.807, 2.05) is 65.0 Å². The Kier molecular flexibility index (Phi) is 21.0. The van der Waals surface area contributed by atoms with E-state index in [-0.39, 0.29) is 54.7 Å². The Morgan fingerprint density at radius 2 is 1.60 bits per heavy atom. The third-order valence-corrected chi connectivity index (χ3v) is 14.5. The van der Waals surface area contributed by atoms with Gasteiger partial charge in [-0.3, -0.25) is 14.4 Å². The minimum atomic E-state index is -2.41. The highest BCUT2D eigenvalue weighted by Crippen LogP contribution is 2.38. The molecule has 4 aliphatic rings. The van der Waals surface area contributed by atoms with Crippen molar-refractivity contribution in [2.45, 2.75) is 180 Å². The van der Waals surface area contributed by atoms with Gasteiger partial charge in [0.15, 0.2) is 5.78 Å². The Balaban J connectivity index is 1.70. The second kappa shape index (κ2) is 25.1. The van der Waals surface area contributed by atoms with Crippen molar-refractivity contribution in [1.29, 1.82) is 5.41 Å². The van der Waals surface area contributed by atoms with Gasteiger partial charge in [0.2, 0.25) is 5.79 Å². The summed E-state index contributed by atoms with van der Waals surface area (Å²) in [5, 5.41) is 43.2. The summed E-state index contributed by atoms with van der Waals surface area (Å²) in [6.45, 7) is 13.1. The Hall–Kier alpha value is -3.37. The molecular formula is C51H80N2O12. The molecule has 4 rings (SSSR count). The summed E-state index contributed by atoms with van der Waals surface area (Å²) in [7, 11) is 4.57. The largest absolute Gasteiger partial charge is 0.460 e. The molecule has 3 aliphatic heterocycles. The number of ketones is 2. The molecule has 2 saturated heterocycles. The Labute approximate surface area is 387 Å². The first-order chi connectivity index (χ1) is 30.7. The number of carbonyl (C=O) groups is 4. The number of nitrogens with zero attached hydrogens (tertiary/aromatic N) is 1. The summed E-state index contributed by atoms with van der Waals surface area (Å²) in [4.78, 5) is 57.8. The van der Waals surface area contributed by atoms with Crippen molar-refractivity contribution in [3.8, 4) is 0 Å². The second-order valence-corrected chi connectivity index (χ2v) is 19.6. The molecule has 14 heteroatoms. The third-order valence-electron chi connectivity index (χ3n) is 14.5. The van der Waals surface area contributed by atoms with Gasteiger partial charge in [-0.2, -0.15) is 0 Å². The van der Waals surface area contributed by atoms with Crippen molar-refractivity contribution in [2.75, 3.05) is 27.9 Å². The molecule has 3 fully saturated rings. The van der Waals surface area contributed by atoms with Gasteiger partial charge in [0, 0.05) is 64.2 Å². The van der Waals surface area contributed by atoms with E-state index in [1.165, 1.54) is 12.0 Å². The number of aliphatic hydroxyl groups excluding tert-OH is 2. The standard InChI is InChI=1S/C51H80N2O12/c1-30-16-12-11-13-17-31(2)42(61-8)28-38-21-19-36(7)51(60,65-38)48(57)49(58)53-23-15-14-18-40(53)50(59)64-43(33(4)26-37-20-22-41(54)44(27-37)62-9)29-39(52)32(3)25-35(6)46(56)47(63-10)45(55)34(5)24-30/h11-13,16-17,25,30,32-34,36-38,40-44,46-47,52,54,56,60H,14-15,18-24,26-29H2,1-10H3/b13-11?,16-12+,31-17?,35-25+,52-39?/t30-,32-,33-,34-,36-,37+,38+,40+,41-,42+,43+,44-,46-,47+,51-/m1/s1. The molecule has 15 atom stereocenters. The summed E-state index contributed by atoms with van der Waals surface area (Å²) in [5.41, 5.74) is 1.59. The Morgan fingerprint density at radius 3 is 2.28 bits per heavy atom. The number of methoxy groups -OCH3 is 3. The molecule has 0 aromatic rings. The van der Waals surface area contributed by atoms with Crippen LogP contribution in [-0.2, 0) is 42.9 Å². The van der Waals surface area contributed by atoms with Gasteiger partial charge in [-0.25, -0.2) is 4.79 Å². The summed E-state index contributed by atoms with van der Waals surface area (Å²) < 4.78 is 29.5. The normalized spacial score (nSPS) is 39.1. The van der Waals surface area contributed by atoms with Gasteiger partial charge in [-0.15, -0.1) is 0 Å². The van der Waals surface area contributed by atoms with Crippen molar-refractivity contribution in [2.24, 2.45) is 35.5 Å². The number of allylic oxidation sites excluding steroid dienone is 6. The quantitative estimate of drug-likeness (QED) is 0.126. The number of nitrogens with one attached hydrogen (secondary N) is 1. The minimum Gasteiger partial charge on any atom is -0.460 e. The molecule has 0 aromatic carbocycles. The number of aliphatic hydroxyl groups is 3. The first-order valence-corrected chi connectivity index (χ1v) is 24.0. The van der Waals surface area contributed by atoms with Gasteiger partial charge in [0.05, 0.1) is 24.4 Å². The van der Waals surface area contributed by atoms with E-state index < -0.39 is 83.9 Å². The van der Waals surface area contributed by atoms with E-state index in [1.54, 1.807) is 34.1 Å². The van der Waals surface area contributed by atoms with Crippen LogP contribution in [0.4, 0.5) is 0 Å². The highest BCUT2D eigenvalue weighted by Gasteiger charge is 2.53. The number of piperidine rings is 1. The maximum atomic E-state index is 14.4. The van der Waals surface area contributed by atoms with Gasteiger partial charge in [-0.05, 0) is 107 Å². The van der Waals surface area contributed by atoms with Crippen LogP contribution in [0.3, 0.4) is 0 Å². The van der Waals surface area contributed by atoms with Crippen molar-refractivity contribution in [1.82, 2.24) is 4.90 Å². The SMILES string of the molecule is CO[C@H]1C[C@@H]2CC[C@@H](C)[C@@](O)(O2)C(=O)C(=O)N2CCCC[C@H]2C(=O)O[C@H]([C@H](C)C[C@@H]2CC[C@@H](O)[C@H](OC)C2)CC(=N)[C@H](C)/C=C(\C)[C@@H](O)[C@@H](OC)C(=O)[C@H](C)C[C@H](C)/C=C/C=CC=C1C. The summed E-state index contributed by atoms with van der Waals surface area (Å²) in [5.74, 6) is -7.14. The fourth-order valence-electron chi connectivity index (χ4n) is 10.1. The predicted octanol–water partition coefficient (Wildman–Crippen LogP) is 6.63. The van der Waals surface area contributed by atoms with Gasteiger partial charge in [0.25, 0.3) is 11.7 Å². The van der Waals surface area contributed by atoms with Crippen LogP contribution in [0.25, 0.3) is 0 Å². The molecule has 366 valence electrons. The molecule has 65 heavy (non-hydrogen) atoms. The number of cyclic esters (lactones) is 1. The van der Waals surface area contributed by atoms with E-state index in [0.717, 1.165) is 12.0 Å². The van der Waals surface area contributed by atoms with Crippen LogP contribution in [0.2, 0.25) is 0 Å². The van der Waals surface area contributed by atoms with Crippen molar-refractivity contribution < 1.29 is 58.2 Å². The first kappa shape index (κ1) is 54.2. The van der Waals surface area contributed by atoms with Crippen LogP contribution in [-0.4, -0.2) is 132 Å². The monoisotopic (exact) mass is 913 g/mol. The lowest BCUT2D eigenvalue weighted by Gasteiger charge is -2.42. The Morgan fingerprint density at radius 1 is 0.877 bits per heavy atom. The molecule has 4 N–H and O–H groups in total. The topological polar surface area (TPSA) is 202 Å². The lowest BCUT2D eigenvalue weighted by molar-refractivity contribution is -0.265. The van der Waals surface area contributed by atoms with E-state index >= 15 is 0 Å². The molecule has 0 aromatic heterocycles. The molecule has 2 bridgehead atoms. The molecule has 1 amide bonds. The maximum absolute atomic E-state index is 14.4.